The van der Waals surface area contributed by atoms with E-state index in [4.69, 9.17) is 5.21 Å². The van der Waals surface area contributed by atoms with Gasteiger partial charge in [-0.05, 0) is 6.92 Å². The van der Waals surface area contributed by atoms with E-state index in [9.17, 15) is 0 Å². The second-order valence-corrected chi connectivity index (χ2v) is 3.52. The highest BCUT2D eigenvalue weighted by Gasteiger charge is 2.15. The first-order chi connectivity index (χ1) is 6.83. The Bertz CT molecular complexity index is 448. The molecule has 0 aliphatic heterocycles. The van der Waals surface area contributed by atoms with Crippen molar-refractivity contribution in [3.63, 3.8) is 0 Å². The zero-order chi connectivity index (χ0) is 9.97. The molecule has 0 amide bonds. The van der Waals surface area contributed by atoms with Crippen LogP contribution in [0.5, 0.6) is 0 Å². The molecule has 0 aromatic carbocycles. The minimum absolute atomic E-state index is 0.418. The Balaban J connectivity index is 2.50. The molecule has 8 heteroatoms. The van der Waals surface area contributed by atoms with Gasteiger partial charge in [-0.1, -0.05) is 5.16 Å². The fourth-order valence-electron chi connectivity index (χ4n) is 0.910. The van der Waals surface area contributed by atoms with Gasteiger partial charge in [0.05, 0.1) is 29.7 Å². The Labute approximate surface area is 87.6 Å². The van der Waals surface area contributed by atoms with Crippen LogP contribution < -0.4 is 0 Å². The van der Waals surface area contributed by atoms with Crippen LogP contribution in [-0.2, 0) is 0 Å². The molecular formula is C6H5N5OS2. The molecule has 0 radical (unpaired) electrons. The highest BCUT2D eigenvalue weighted by molar-refractivity contribution is 7.00. The van der Waals surface area contributed by atoms with E-state index < -0.39 is 0 Å². The van der Waals surface area contributed by atoms with Crippen LogP contribution in [0.3, 0.4) is 0 Å². The summed E-state index contributed by atoms with van der Waals surface area (Å²) < 4.78 is 16.0. The van der Waals surface area contributed by atoms with Crippen LogP contribution in [0, 0.1) is 0 Å². The van der Waals surface area contributed by atoms with Gasteiger partial charge in [0.25, 0.3) is 0 Å². The van der Waals surface area contributed by atoms with Crippen LogP contribution in [0.25, 0.3) is 11.4 Å². The molecule has 2 aromatic rings. The maximum Gasteiger partial charge on any atom is 0.135 e. The van der Waals surface area contributed by atoms with Crippen LogP contribution >= 0.6 is 23.5 Å². The molecule has 1 N–H and O–H groups in total. The smallest absolute Gasteiger partial charge is 0.135 e. The summed E-state index contributed by atoms with van der Waals surface area (Å²) in [5.74, 6) is 0. The summed E-state index contributed by atoms with van der Waals surface area (Å²) in [6.07, 6.45) is 1.61. The van der Waals surface area contributed by atoms with Gasteiger partial charge in [-0.25, -0.2) is 0 Å². The van der Waals surface area contributed by atoms with Gasteiger partial charge >= 0.3 is 0 Å². The van der Waals surface area contributed by atoms with Crippen molar-refractivity contribution in [2.75, 3.05) is 0 Å². The summed E-state index contributed by atoms with van der Waals surface area (Å²) in [6, 6.07) is 0. The van der Waals surface area contributed by atoms with Gasteiger partial charge in [0.2, 0.25) is 0 Å². The monoisotopic (exact) mass is 227 g/mol. The van der Waals surface area contributed by atoms with Crippen molar-refractivity contribution in [1.29, 1.82) is 0 Å². The van der Waals surface area contributed by atoms with Crippen LogP contribution in [0.2, 0.25) is 0 Å². The first kappa shape index (κ1) is 9.16. The number of nitrogens with zero attached hydrogens (tertiary/aromatic N) is 5. The summed E-state index contributed by atoms with van der Waals surface area (Å²) in [5.41, 5.74) is 2.23. The van der Waals surface area contributed by atoms with Crippen LogP contribution in [0.4, 0.5) is 0 Å². The summed E-state index contributed by atoms with van der Waals surface area (Å²) in [6.45, 7) is 1.65. The number of hydrogen-bond donors (Lipinski definition) is 1. The fraction of sp³-hybridized carbons (Fsp3) is 0.167. The van der Waals surface area contributed by atoms with Gasteiger partial charge in [-0.2, -0.15) is 17.5 Å². The van der Waals surface area contributed by atoms with Crippen molar-refractivity contribution in [2.45, 2.75) is 6.92 Å². The highest BCUT2D eigenvalue weighted by atomic mass is 32.1. The Kier molecular flexibility index (Phi) is 2.46. The molecule has 0 atom stereocenters. The predicted molar refractivity (Wildman–Crippen MR) is 52.8 cm³/mol. The summed E-state index contributed by atoms with van der Waals surface area (Å²) in [4.78, 5) is 0. The molecule has 2 aromatic heterocycles. The molecule has 0 aliphatic rings. The Morgan fingerprint density at radius 2 is 2.21 bits per heavy atom. The molecule has 0 fully saturated rings. The third-order valence-electron chi connectivity index (χ3n) is 1.59. The lowest BCUT2D eigenvalue weighted by Crippen LogP contribution is -1.97. The molecule has 14 heavy (non-hydrogen) atoms. The van der Waals surface area contributed by atoms with E-state index in [1.54, 1.807) is 13.1 Å². The molecule has 0 unspecified atom stereocenters. The molecule has 0 saturated heterocycles. The van der Waals surface area contributed by atoms with Gasteiger partial charge in [-0.3, -0.25) is 0 Å². The maximum absolute atomic E-state index is 8.62. The molecule has 0 saturated carbocycles. The lowest BCUT2D eigenvalue weighted by Gasteiger charge is -1.93. The maximum atomic E-state index is 8.62. The molecule has 0 bridgehead atoms. The van der Waals surface area contributed by atoms with E-state index >= 15 is 0 Å². The third kappa shape index (κ3) is 1.49. The van der Waals surface area contributed by atoms with E-state index in [0.717, 1.165) is 23.5 Å². The highest BCUT2D eigenvalue weighted by Crippen LogP contribution is 2.20. The van der Waals surface area contributed by atoms with Gasteiger partial charge in [0, 0.05) is 0 Å². The topological polar surface area (TPSA) is 84.2 Å². The Morgan fingerprint density at radius 3 is 2.86 bits per heavy atom. The zero-order valence-corrected chi connectivity index (χ0v) is 8.71. The van der Waals surface area contributed by atoms with E-state index in [1.807, 2.05) is 0 Å². The van der Waals surface area contributed by atoms with E-state index in [0.29, 0.717) is 22.8 Å². The van der Waals surface area contributed by atoms with E-state index in [-0.39, 0.29) is 0 Å². The largest absolute Gasteiger partial charge is 0.411 e. The van der Waals surface area contributed by atoms with Crippen molar-refractivity contribution < 1.29 is 5.21 Å². The minimum atomic E-state index is 0.418. The van der Waals surface area contributed by atoms with Crippen molar-refractivity contribution >= 4 is 29.2 Å². The molecule has 2 rings (SSSR count). The minimum Gasteiger partial charge on any atom is -0.411 e. The predicted octanol–water partition coefficient (Wildman–Crippen LogP) is 1.25. The van der Waals surface area contributed by atoms with E-state index in [1.165, 1.54) is 0 Å². The average Bonchev–Trinajstić information content (AvgIpc) is 2.85. The SMILES string of the molecule is C/C(=N\O)c1nsnc1-c1cnsn1. The Morgan fingerprint density at radius 1 is 1.36 bits per heavy atom. The number of aromatic nitrogens is 4. The normalized spacial score (nSPS) is 11.9. The first-order valence-electron chi connectivity index (χ1n) is 3.62. The van der Waals surface area contributed by atoms with Crippen molar-refractivity contribution in [3.05, 3.63) is 11.9 Å². The van der Waals surface area contributed by atoms with Gasteiger partial charge in [0.15, 0.2) is 0 Å². The Hall–Kier alpha value is -1.41. The summed E-state index contributed by atoms with van der Waals surface area (Å²) in [5, 5.41) is 11.7. The van der Waals surface area contributed by atoms with Crippen LogP contribution in [0.1, 0.15) is 12.6 Å². The van der Waals surface area contributed by atoms with Gasteiger partial charge < -0.3 is 5.21 Å². The van der Waals surface area contributed by atoms with Crippen molar-refractivity contribution in [1.82, 2.24) is 17.5 Å². The lowest BCUT2D eigenvalue weighted by molar-refractivity contribution is 0.319. The quantitative estimate of drug-likeness (QED) is 0.474. The van der Waals surface area contributed by atoms with Crippen LogP contribution in [-0.4, -0.2) is 28.4 Å². The van der Waals surface area contributed by atoms with Crippen molar-refractivity contribution in [3.8, 4) is 11.4 Å². The van der Waals surface area contributed by atoms with Crippen molar-refractivity contribution in [2.24, 2.45) is 5.16 Å². The second-order valence-electron chi connectivity index (χ2n) is 2.44. The lowest BCUT2D eigenvalue weighted by atomic mass is 10.2. The molecular weight excluding hydrogens is 222 g/mol. The fourth-order valence-corrected chi connectivity index (χ4v) is 1.93. The first-order valence-corrected chi connectivity index (χ1v) is 5.08. The van der Waals surface area contributed by atoms with Crippen LogP contribution in [0.15, 0.2) is 11.4 Å². The average molecular weight is 227 g/mol. The second kappa shape index (κ2) is 3.76. The summed E-state index contributed by atoms with van der Waals surface area (Å²) >= 11 is 2.15. The number of rotatable bonds is 2. The molecule has 6 nitrogen and oxygen atoms in total. The molecule has 0 aliphatic carbocycles. The zero-order valence-electron chi connectivity index (χ0n) is 7.08. The third-order valence-corrected chi connectivity index (χ3v) is 2.59. The summed E-state index contributed by atoms with van der Waals surface area (Å²) in [7, 11) is 0. The number of hydrogen-bond acceptors (Lipinski definition) is 8. The van der Waals surface area contributed by atoms with Gasteiger partial charge in [-0.15, -0.1) is 0 Å². The van der Waals surface area contributed by atoms with Gasteiger partial charge in [0.1, 0.15) is 22.8 Å². The molecule has 2 heterocycles. The molecule has 0 spiro atoms. The number of oxime groups is 1. The molecule has 72 valence electrons. The van der Waals surface area contributed by atoms with E-state index in [2.05, 4.69) is 22.6 Å². The standard InChI is InChI=1S/C6H5N5OS2/c1-3(8-12)5-6(11-14-10-5)4-2-7-13-9-4/h2,12H,1H3/b8-3+.